The van der Waals surface area contributed by atoms with E-state index in [4.69, 9.17) is 4.74 Å². The number of hydrogen-bond acceptors (Lipinski definition) is 4. The normalized spacial score (nSPS) is 10.6. The van der Waals surface area contributed by atoms with Crippen molar-refractivity contribution >= 4 is 11.7 Å². The van der Waals surface area contributed by atoms with Crippen LogP contribution in [0.4, 0.5) is 10.2 Å². The van der Waals surface area contributed by atoms with Gasteiger partial charge in [0.05, 0.1) is 6.54 Å². The first-order chi connectivity index (χ1) is 14.7. The monoisotopic (exact) mass is 402 g/mol. The SMILES string of the molecule is O=C(Nc1ccn(Cc2cccnc2)n1)c1cccc(OCc2ccc(F)cc2)c1. The van der Waals surface area contributed by atoms with Gasteiger partial charge in [-0.2, -0.15) is 5.10 Å². The fourth-order valence-electron chi connectivity index (χ4n) is 2.86. The van der Waals surface area contributed by atoms with Crippen LogP contribution in [0.5, 0.6) is 5.75 Å². The lowest BCUT2D eigenvalue weighted by Crippen LogP contribution is -2.13. The molecule has 0 fully saturated rings. The fraction of sp³-hybridized carbons (Fsp3) is 0.0870. The highest BCUT2D eigenvalue weighted by Gasteiger charge is 2.10. The van der Waals surface area contributed by atoms with Gasteiger partial charge in [-0.05, 0) is 47.5 Å². The van der Waals surface area contributed by atoms with Gasteiger partial charge < -0.3 is 10.1 Å². The molecule has 7 heteroatoms. The van der Waals surface area contributed by atoms with Crippen molar-refractivity contribution in [1.29, 1.82) is 0 Å². The van der Waals surface area contributed by atoms with Crippen LogP contribution in [-0.2, 0) is 13.2 Å². The summed E-state index contributed by atoms with van der Waals surface area (Å²) in [5.74, 6) is 0.435. The fourth-order valence-corrected chi connectivity index (χ4v) is 2.86. The number of carbonyl (C=O) groups is 1. The molecule has 1 amide bonds. The number of rotatable bonds is 7. The number of amides is 1. The van der Waals surface area contributed by atoms with E-state index in [9.17, 15) is 9.18 Å². The van der Waals surface area contributed by atoms with E-state index in [-0.39, 0.29) is 18.3 Å². The third kappa shape index (κ3) is 5.08. The number of nitrogens with one attached hydrogen (secondary N) is 1. The van der Waals surface area contributed by atoms with Crippen LogP contribution in [0.2, 0.25) is 0 Å². The molecule has 0 spiro atoms. The Morgan fingerprint density at radius 1 is 1.03 bits per heavy atom. The summed E-state index contributed by atoms with van der Waals surface area (Å²) >= 11 is 0. The Hall–Kier alpha value is -4.00. The summed E-state index contributed by atoms with van der Waals surface area (Å²) < 4.78 is 20.4. The number of carbonyl (C=O) groups excluding carboxylic acids is 1. The molecule has 0 unspecified atom stereocenters. The Balaban J connectivity index is 1.36. The molecule has 2 aromatic carbocycles. The number of halogens is 1. The van der Waals surface area contributed by atoms with Crippen LogP contribution in [0.3, 0.4) is 0 Å². The first kappa shape index (κ1) is 19.3. The number of anilines is 1. The summed E-state index contributed by atoms with van der Waals surface area (Å²) in [5, 5.41) is 7.16. The number of ether oxygens (including phenoxy) is 1. The first-order valence-electron chi connectivity index (χ1n) is 9.37. The zero-order chi connectivity index (χ0) is 20.8. The van der Waals surface area contributed by atoms with Crippen LogP contribution in [0.15, 0.2) is 85.3 Å². The largest absolute Gasteiger partial charge is 0.489 e. The number of pyridine rings is 1. The summed E-state index contributed by atoms with van der Waals surface area (Å²) in [7, 11) is 0. The van der Waals surface area contributed by atoms with Crippen molar-refractivity contribution in [2.75, 3.05) is 5.32 Å². The van der Waals surface area contributed by atoms with Crippen molar-refractivity contribution < 1.29 is 13.9 Å². The van der Waals surface area contributed by atoms with Gasteiger partial charge in [-0.25, -0.2) is 4.39 Å². The molecule has 1 N–H and O–H groups in total. The van der Waals surface area contributed by atoms with Crippen molar-refractivity contribution in [1.82, 2.24) is 14.8 Å². The van der Waals surface area contributed by atoms with Gasteiger partial charge in [-0.1, -0.05) is 24.3 Å². The van der Waals surface area contributed by atoms with E-state index in [1.54, 1.807) is 65.7 Å². The van der Waals surface area contributed by atoms with E-state index >= 15 is 0 Å². The van der Waals surface area contributed by atoms with Gasteiger partial charge in [0.2, 0.25) is 0 Å². The van der Waals surface area contributed by atoms with Crippen LogP contribution in [0.1, 0.15) is 21.5 Å². The van der Waals surface area contributed by atoms with E-state index in [1.165, 1.54) is 12.1 Å². The van der Waals surface area contributed by atoms with E-state index in [0.29, 0.717) is 23.7 Å². The zero-order valence-corrected chi connectivity index (χ0v) is 16.0. The predicted molar refractivity (Wildman–Crippen MR) is 111 cm³/mol. The molecule has 0 saturated heterocycles. The molecule has 0 saturated carbocycles. The highest BCUT2D eigenvalue weighted by atomic mass is 19.1. The molecule has 4 rings (SSSR count). The Morgan fingerprint density at radius 2 is 1.90 bits per heavy atom. The molecule has 150 valence electrons. The van der Waals surface area contributed by atoms with Crippen LogP contribution < -0.4 is 10.1 Å². The lowest BCUT2D eigenvalue weighted by Gasteiger charge is -2.08. The minimum Gasteiger partial charge on any atom is -0.489 e. The van der Waals surface area contributed by atoms with E-state index in [2.05, 4.69) is 15.4 Å². The Morgan fingerprint density at radius 3 is 2.70 bits per heavy atom. The predicted octanol–water partition coefficient (Wildman–Crippen LogP) is 4.30. The molecule has 4 aromatic rings. The first-order valence-corrected chi connectivity index (χ1v) is 9.37. The van der Waals surface area contributed by atoms with Gasteiger partial charge >= 0.3 is 0 Å². The number of benzene rings is 2. The molecule has 0 atom stereocenters. The third-order valence-electron chi connectivity index (χ3n) is 4.36. The molecule has 0 bridgehead atoms. The quantitative estimate of drug-likeness (QED) is 0.501. The maximum absolute atomic E-state index is 13.0. The molecular weight excluding hydrogens is 383 g/mol. The summed E-state index contributed by atoms with van der Waals surface area (Å²) in [5.41, 5.74) is 2.31. The number of aromatic nitrogens is 3. The lowest BCUT2D eigenvalue weighted by atomic mass is 10.2. The Kier molecular flexibility index (Phi) is 5.80. The highest BCUT2D eigenvalue weighted by Crippen LogP contribution is 2.17. The van der Waals surface area contributed by atoms with E-state index in [0.717, 1.165) is 11.1 Å². The van der Waals surface area contributed by atoms with E-state index in [1.807, 2.05) is 12.1 Å². The molecule has 30 heavy (non-hydrogen) atoms. The van der Waals surface area contributed by atoms with E-state index < -0.39 is 0 Å². The van der Waals surface area contributed by atoms with Crippen molar-refractivity contribution in [3.8, 4) is 5.75 Å². The molecular formula is C23H19FN4O2. The molecule has 2 heterocycles. The van der Waals surface area contributed by atoms with Crippen LogP contribution in [0.25, 0.3) is 0 Å². The summed E-state index contributed by atoms with van der Waals surface area (Å²) in [4.78, 5) is 16.7. The second kappa shape index (κ2) is 9.00. The Bertz CT molecular complexity index is 1130. The molecule has 0 aliphatic heterocycles. The summed E-state index contributed by atoms with van der Waals surface area (Å²) in [6, 6.07) is 18.5. The average molecular weight is 402 g/mol. The number of nitrogens with zero attached hydrogens (tertiary/aromatic N) is 3. The van der Waals surface area contributed by atoms with Crippen LogP contribution in [-0.4, -0.2) is 20.7 Å². The Labute approximate surface area is 173 Å². The maximum Gasteiger partial charge on any atom is 0.256 e. The van der Waals surface area contributed by atoms with Crippen LogP contribution >= 0.6 is 0 Å². The molecule has 0 aliphatic rings. The molecule has 2 aromatic heterocycles. The second-order valence-corrected chi connectivity index (χ2v) is 6.66. The zero-order valence-electron chi connectivity index (χ0n) is 16.0. The maximum atomic E-state index is 13.0. The van der Waals surface area contributed by atoms with Gasteiger partial charge in [0.25, 0.3) is 5.91 Å². The van der Waals surface area contributed by atoms with Crippen molar-refractivity contribution in [2.24, 2.45) is 0 Å². The number of hydrogen-bond donors (Lipinski definition) is 1. The highest BCUT2D eigenvalue weighted by molar-refractivity contribution is 6.03. The van der Waals surface area contributed by atoms with Gasteiger partial charge in [0, 0.05) is 30.2 Å². The standard InChI is InChI=1S/C23H19FN4O2/c24-20-8-6-17(7-9-20)16-30-21-5-1-4-19(13-21)23(29)26-22-10-12-28(27-22)15-18-3-2-11-25-14-18/h1-14H,15-16H2,(H,26,27,29). The topological polar surface area (TPSA) is 69.0 Å². The van der Waals surface area contributed by atoms with Crippen molar-refractivity contribution in [3.05, 3.63) is 108 Å². The van der Waals surface area contributed by atoms with Crippen molar-refractivity contribution in [2.45, 2.75) is 13.2 Å². The summed E-state index contributed by atoms with van der Waals surface area (Å²) in [6.45, 7) is 0.848. The van der Waals surface area contributed by atoms with Gasteiger partial charge in [0.15, 0.2) is 5.82 Å². The van der Waals surface area contributed by atoms with Gasteiger partial charge in [0.1, 0.15) is 18.2 Å². The minimum atomic E-state index is -0.291. The van der Waals surface area contributed by atoms with Gasteiger partial charge in [-0.3, -0.25) is 14.5 Å². The van der Waals surface area contributed by atoms with Gasteiger partial charge in [-0.15, -0.1) is 0 Å². The molecule has 6 nitrogen and oxygen atoms in total. The van der Waals surface area contributed by atoms with Crippen LogP contribution in [0, 0.1) is 5.82 Å². The third-order valence-corrected chi connectivity index (χ3v) is 4.36. The summed E-state index contributed by atoms with van der Waals surface area (Å²) in [6.07, 6.45) is 5.29. The minimum absolute atomic E-state index is 0.282. The molecule has 0 aliphatic carbocycles. The lowest BCUT2D eigenvalue weighted by molar-refractivity contribution is 0.102. The van der Waals surface area contributed by atoms with Crippen molar-refractivity contribution in [3.63, 3.8) is 0 Å². The average Bonchev–Trinajstić information content (AvgIpc) is 3.21. The second-order valence-electron chi connectivity index (χ2n) is 6.66. The molecule has 0 radical (unpaired) electrons. The smallest absolute Gasteiger partial charge is 0.256 e.